The maximum Gasteiger partial charge on any atom is 0.318 e. The van der Waals surface area contributed by atoms with Gasteiger partial charge in [0, 0.05) is 6.54 Å². The Morgan fingerprint density at radius 1 is 1.12 bits per heavy atom. The van der Waals surface area contributed by atoms with Crippen LogP contribution in [0.5, 0.6) is 0 Å². The van der Waals surface area contributed by atoms with E-state index in [4.69, 9.17) is 4.74 Å². The molecule has 0 bridgehead atoms. The number of nitrogens with one attached hydrogen (secondary N) is 1. The standard InChI is InChI=1S/C20H22N2O3/c1-15(16-8-4-2-5-9-16)21-20(24)22-13-12-18(22)19(25-14-23)17-10-6-3-7-11-17/h2-11,14-15,18-19H,12-13H2,1H3,(H,21,24)/t15-,18?,19?/m1/s1. The summed E-state index contributed by atoms with van der Waals surface area (Å²) in [6.45, 7) is 3.07. The van der Waals surface area contributed by atoms with Crippen LogP contribution in [0.3, 0.4) is 0 Å². The number of rotatable bonds is 6. The van der Waals surface area contributed by atoms with Gasteiger partial charge in [0.2, 0.25) is 0 Å². The largest absolute Gasteiger partial charge is 0.457 e. The zero-order chi connectivity index (χ0) is 17.6. The molecule has 1 saturated heterocycles. The molecule has 1 aliphatic heterocycles. The fraction of sp³-hybridized carbons (Fsp3) is 0.300. The molecule has 1 aliphatic rings. The van der Waals surface area contributed by atoms with Gasteiger partial charge in [0.15, 0.2) is 0 Å². The number of urea groups is 1. The van der Waals surface area contributed by atoms with E-state index in [1.807, 2.05) is 67.6 Å². The van der Waals surface area contributed by atoms with Crippen molar-refractivity contribution in [1.29, 1.82) is 0 Å². The molecule has 2 aromatic rings. The van der Waals surface area contributed by atoms with Crippen LogP contribution in [-0.4, -0.2) is 30.0 Å². The molecular formula is C20H22N2O3. The second-order valence-electron chi connectivity index (χ2n) is 6.19. The van der Waals surface area contributed by atoms with Crippen LogP contribution in [0.15, 0.2) is 60.7 Å². The van der Waals surface area contributed by atoms with Gasteiger partial charge in [-0.15, -0.1) is 0 Å². The number of carbonyl (C=O) groups is 2. The van der Waals surface area contributed by atoms with Gasteiger partial charge in [0.1, 0.15) is 6.10 Å². The highest BCUT2D eigenvalue weighted by Gasteiger charge is 2.40. The Hall–Kier alpha value is -2.82. The molecule has 0 aromatic heterocycles. The van der Waals surface area contributed by atoms with Gasteiger partial charge in [-0.3, -0.25) is 4.79 Å². The first kappa shape index (κ1) is 17.0. The summed E-state index contributed by atoms with van der Waals surface area (Å²) in [5.74, 6) is 0. The Bertz CT molecular complexity index is 705. The van der Waals surface area contributed by atoms with Gasteiger partial charge in [-0.25, -0.2) is 4.79 Å². The molecule has 1 fully saturated rings. The van der Waals surface area contributed by atoms with Crippen LogP contribution < -0.4 is 5.32 Å². The SMILES string of the molecule is C[C@@H](NC(=O)N1CCC1C(OC=O)c1ccccc1)c1ccccc1. The third-order valence-corrected chi connectivity index (χ3v) is 4.65. The lowest BCUT2D eigenvalue weighted by molar-refractivity contribution is -0.139. The Morgan fingerprint density at radius 2 is 1.72 bits per heavy atom. The highest BCUT2D eigenvalue weighted by Crippen LogP contribution is 2.33. The van der Waals surface area contributed by atoms with Gasteiger partial charge in [-0.05, 0) is 24.5 Å². The molecule has 25 heavy (non-hydrogen) atoms. The monoisotopic (exact) mass is 338 g/mol. The van der Waals surface area contributed by atoms with E-state index in [0.717, 1.165) is 17.5 Å². The minimum Gasteiger partial charge on any atom is -0.457 e. The zero-order valence-corrected chi connectivity index (χ0v) is 14.2. The number of ether oxygens (including phenoxy) is 1. The predicted octanol–water partition coefficient (Wildman–Crippen LogP) is 3.45. The van der Waals surface area contributed by atoms with Crippen molar-refractivity contribution in [3.8, 4) is 0 Å². The first-order chi connectivity index (χ1) is 12.2. The van der Waals surface area contributed by atoms with Crippen molar-refractivity contribution >= 4 is 12.5 Å². The highest BCUT2D eigenvalue weighted by atomic mass is 16.5. The Labute approximate surface area is 147 Å². The number of carbonyl (C=O) groups excluding carboxylic acids is 2. The average molecular weight is 338 g/mol. The van der Waals surface area contributed by atoms with E-state index in [2.05, 4.69) is 5.32 Å². The molecule has 2 aromatic carbocycles. The van der Waals surface area contributed by atoms with E-state index in [0.29, 0.717) is 13.0 Å². The Kier molecular flexibility index (Phi) is 5.33. The molecular weight excluding hydrogens is 316 g/mol. The van der Waals surface area contributed by atoms with Crippen molar-refractivity contribution < 1.29 is 14.3 Å². The van der Waals surface area contributed by atoms with Gasteiger partial charge in [0.25, 0.3) is 6.47 Å². The Balaban J connectivity index is 1.68. The third-order valence-electron chi connectivity index (χ3n) is 4.65. The maximum atomic E-state index is 12.6. The fourth-order valence-electron chi connectivity index (χ4n) is 3.16. The van der Waals surface area contributed by atoms with Gasteiger partial charge >= 0.3 is 6.03 Å². The zero-order valence-electron chi connectivity index (χ0n) is 14.2. The molecule has 0 aliphatic carbocycles. The van der Waals surface area contributed by atoms with Crippen LogP contribution in [0.1, 0.15) is 36.6 Å². The van der Waals surface area contributed by atoms with E-state index in [1.165, 1.54) is 0 Å². The molecule has 130 valence electrons. The molecule has 3 atom stereocenters. The van der Waals surface area contributed by atoms with Gasteiger partial charge < -0.3 is 15.0 Å². The summed E-state index contributed by atoms with van der Waals surface area (Å²) in [5.41, 5.74) is 1.95. The minimum atomic E-state index is -0.440. The number of nitrogens with zero attached hydrogens (tertiary/aromatic N) is 1. The van der Waals surface area contributed by atoms with E-state index >= 15 is 0 Å². The average Bonchev–Trinajstić information content (AvgIpc) is 2.61. The van der Waals surface area contributed by atoms with Crippen molar-refractivity contribution in [2.45, 2.75) is 31.5 Å². The van der Waals surface area contributed by atoms with Crippen molar-refractivity contribution in [2.24, 2.45) is 0 Å². The first-order valence-electron chi connectivity index (χ1n) is 8.47. The number of likely N-dealkylation sites (tertiary alicyclic amines) is 1. The summed E-state index contributed by atoms with van der Waals surface area (Å²) in [4.78, 5) is 25.3. The molecule has 2 unspecified atom stereocenters. The van der Waals surface area contributed by atoms with Gasteiger partial charge in [-0.2, -0.15) is 0 Å². The normalized spacial score (nSPS) is 18.6. The topological polar surface area (TPSA) is 58.6 Å². The van der Waals surface area contributed by atoms with E-state index in [-0.39, 0.29) is 18.1 Å². The van der Waals surface area contributed by atoms with E-state index < -0.39 is 6.10 Å². The molecule has 5 nitrogen and oxygen atoms in total. The maximum absolute atomic E-state index is 12.6. The van der Waals surface area contributed by atoms with E-state index in [1.54, 1.807) is 4.90 Å². The predicted molar refractivity (Wildman–Crippen MR) is 94.8 cm³/mol. The second-order valence-corrected chi connectivity index (χ2v) is 6.19. The first-order valence-corrected chi connectivity index (χ1v) is 8.47. The number of amides is 2. The third kappa shape index (κ3) is 3.82. The molecule has 0 radical (unpaired) electrons. The molecule has 3 rings (SSSR count). The lowest BCUT2D eigenvalue weighted by atomic mass is 9.92. The minimum absolute atomic E-state index is 0.0860. The summed E-state index contributed by atoms with van der Waals surface area (Å²) in [5, 5.41) is 3.02. The summed E-state index contributed by atoms with van der Waals surface area (Å²) in [6.07, 6.45) is 0.366. The van der Waals surface area contributed by atoms with Crippen LogP contribution in [0.4, 0.5) is 4.79 Å². The molecule has 1 N–H and O–H groups in total. The van der Waals surface area contributed by atoms with Crippen molar-refractivity contribution in [3.05, 3.63) is 71.8 Å². The molecule has 1 heterocycles. The number of hydrogen-bond acceptors (Lipinski definition) is 3. The number of benzene rings is 2. The second kappa shape index (κ2) is 7.83. The van der Waals surface area contributed by atoms with Crippen LogP contribution >= 0.6 is 0 Å². The number of hydrogen-bond donors (Lipinski definition) is 1. The lowest BCUT2D eigenvalue weighted by Gasteiger charge is -2.44. The summed E-state index contributed by atoms with van der Waals surface area (Å²) < 4.78 is 5.30. The summed E-state index contributed by atoms with van der Waals surface area (Å²) in [7, 11) is 0. The summed E-state index contributed by atoms with van der Waals surface area (Å²) >= 11 is 0. The van der Waals surface area contributed by atoms with Crippen LogP contribution in [0.2, 0.25) is 0 Å². The van der Waals surface area contributed by atoms with Gasteiger partial charge in [-0.1, -0.05) is 60.7 Å². The van der Waals surface area contributed by atoms with Crippen molar-refractivity contribution in [3.63, 3.8) is 0 Å². The van der Waals surface area contributed by atoms with Gasteiger partial charge in [0.05, 0.1) is 12.1 Å². The quantitative estimate of drug-likeness (QED) is 0.821. The van der Waals surface area contributed by atoms with Crippen molar-refractivity contribution in [2.75, 3.05) is 6.54 Å². The molecule has 2 amide bonds. The smallest absolute Gasteiger partial charge is 0.318 e. The van der Waals surface area contributed by atoms with Crippen LogP contribution in [0.25, 0.3) is 0 Å². The Morgan fingerprint density at radius 3 is 2.24 bits per heavy atom. The van der Waals surface area contributed by atoms with E-state index in [9.17, 15) is 9.59 Å². The molecule has 0 spiro atoms. The van der Waals surface area contributed by atoms with Crippen LogP contribution in [-0.2, 0) is 9.53 Å². The molecule has 5 heteroatoms. The van der Waals surface area contributed by atoms with Crippen LogP contribution in [0, 0.1) is 0 Å². The highest BCUT2D eigenvalue weighted by molar-refractivity contribution is 5.76. The van der Waals surface area contributed by atoms with Crippen molar-refractivity contribution in [1.82, 2.24) is 10.2 Å². The molecule has 0 saturated carbocycles. The fourth-order valence-corrected chi connectivity index (χ4v) is 3.16. The summed E-state index contributed by atoms with van der Waals surface area (Å²) in [6, 6.07) is 19.0. The lowest BCUT2D eigenvalue weighted by Crippen LogP contribution is -2.57.